The topological polar surface area (TPSA) is 339 Å². The lowest BCUT2D eigenvalue weighted by Crippen LogP contribution is -2.66. The molecule has 0 aliphatic carbocycles. The Morgan fingerprint density at radius 1 is 0.629 bits per heavy atom. The number of carbonyl (C=O) groups is 10. The number of carbonyl (C=O) groups excluding carboxylic acids is 10. The van der Waals surface area contributed by atoms with Crippen LogP contribution >= 0.6 is 0 Å². The minimum absolute atomic E-state index is 0.00192. The van der Waals surface area contributed by atoms with Gasteiger partial charge < -0.3 is 82.8 Å². The van der Waals surface area contributed by atoms with Crippen molar-refractivity contribution >= 4 is 59.6 Å². The molecule has 396 valence electrons. The molecule has 11 atom stereocenters. The van der Waals surface area contributed by atoms with Crippen molar-refractivity contribution < 1.29 is 110 Å². The van der Waals surface area contributed by atoms with Gasteiger partial charge in [0.1, 0.15) is 56.3 Å². The Labute approximate surface area is 403 Å². The van der Waals surface area contributed by atoms with Crippen LogP contribution in [0.25, 0.3) is 0 Å². The lowest BCUT2D eigenvalue weighted by molar-refractivity contribution is -0.277. The lowest BCUT2D eigenvalue weighted by Gasteiger charge is -2.44. The summed E-state index contributed by atoms with van der Waals surface area (Å²) < 4.78 is 71.7. The van der Waals surface area contributed by atoms with Crippen molar-refractivity contribution in [2.24, 2.45) is 0 Å². The van der Waals surface area contributed by atoms with Crippen molar-refractivity contribution in [3.8, 4) is 0 Å². The van der Waals surface area contributed by atoms with Crippen molar-refractivity contribution in [3.05, 3.63) is 0 Å². The zero-order valence-electron chi connectivity index (χ0n) is 40.7. The fourth-order valence-electron chi connectivity index (χ4n) is 7.22. The first-order valence-electron chi connectivity index (χ1n) is 22.5. The Morgan fingerprint density at radius 2 is 1.19 bits per heavy atom. The van der Waals surface area contributed by atoms with Crippen LogP contribution in [0.5, 0.6) is 0 Å². The number of rotatable bonds is 25. The van der Waals surface area contributed by atoms with E-state index in [9.17, 15) is 47.9 Å². The second-order valence-electron chi connectivity index (χ2n) is 16.6. The van der Waals surface area contributed by atoms with Crippen LogP contribution in [0.3, 0.4) is 0 Å². The number of esters is 6. The van der Waals surface area contributed by atoms with Gasteiger partial charge in [-0.2, -0.15) is 0 Å². The molecular weight excluding hydrogens is 940 g/mol. The van der Waals surface area contributed by atoms with E-state index in [-0.39, 0.29) is 65.4 Å². The van der Waals surface area contributed by atoms with E-state index in [0.717, 1.165) is 27.7 Å². The SMILES string of the molecule is CC(=O)N[C@H]1[C@H](OCCCNC(=O)[C@H](CC(=O)NCCCO[C@H]2C[C@@H](OC(C)=O)[C@@H](OC(C)=O)[C@@H](COC(C)=O)O2)NC(=O)OC[C@H]2COC(C)(C)O2)O[C@H](COC(C)=O)[C@H](OC(C)=O)[C@@H]1OC(C)=O. The summed E-state index contributed by atoms with van der Waals surface area (Å²) in [6.45, 7) is 10.3. The molecule has 3 heterocycles. The monoisotopic (exact) mass is 1010 g/mol. The second-order valence-corrected chi connectivity index (χ2v) is 16.6. The van der Waals surface area contributed by atoms with Crippen LogP contribution in [0.4, 0.5) is 4.79 Å². The van der Waals surface area contributed by atoms with E-state index in [0.29, 0.717) is 0 Å². The number of amides is 4. The molecule has 3 aliphatic heterocycles. The van der Waals surface area contributed by atoms with E-state index in [1.54, 1.807) is 13.8 Å². The molecule has 27 nitrogen and oxygen atoms in total. The highest BCUT2D eigenvalue weighted by atomic mass is 16.8. The first-order chi connectivity index (χ1) is 32.9. The van der Waals surface area contributed by atoms with E-state index in [2.05, 4.69) is 21.3 Å². The molecule has 0 saturated carbocycles. The quantitative estimate of drug-likeness (QED) is 0.0477. The van der Waals surface area contributed by atoms with Crippen LogP contribution < -0.4 is 21.3 Å². The van der Waals surface area contributed by atoms with Gasteiger partial charge in [0.2, 0.25) is 17.7 Å². The predicted octanol–water partition coefficient (Wildman–Crippen LogP) is -1.13. The number of hydrogen-bond acceptors (Lipinski definition) is 23. The van der Waals surface area contributed by atoms with Gasteiger partial charge in [0, 0.05) is 68.0 Å². The molecular formula is C43H66N4O23. The summed E-state index contributed by atoms with van der Waals surface area (Å²) >= 11 is 0. The van der Waals surface area contributed by atoms with Gasteiger partial charge in [0.25, 0.3) is 0 Å². The van der Waals surface area contributed by atoms with Crippen molar-refractivity contribution in [2.75, 3.05) is 52.7 Å². The molecule has 0 unspecified atom stereocenters. The highest BCUT2D eigenvalue weighted by Crippen LogP contribution is 2.29. The largest absolute Gasteiger partial charge is 0.463 e. The summed E-state index contributed by atoms with van der Waals surface area (Å²) in [5.41, 5.74) is 0. The molecule has 0 bridgehead atoms. The van der Waals surface area contributed by atoms with Crippen molar-refractivity contribution in [1.82, 2.24) is 21.3 Å². The Balaban J connectivity index is 1.62. The molecule has 0 aromatic rings. The van der Waals surface area contributed by atoms with Crippen molar-refractivity contribution in [2.45, 2.75) is 161 Å². The smallest absolute Gasteiger partial charge is 0.407 e. The molecule has 0 spiro atoms. The third-order valence-corrected chi connectivity index (χ3v) is 9.94. The van der Waals surface area contributed by atoms with Crippen LogP contribution in [0.1, 0.15) is 88.0 Å². The summed E-state index contributed by atoms with van der Waals surface area (Å²) in [6, 6.07) is -2.68. The van der Waals surface area contributed by atoms with Gasteiger partial charge in [-0.25, -0.2) is 4.79 Å². The Kier molecular flexibility index (Phi) is 24.1. The average molecular weight is 1010 g/mol. The highest BCUT2D eigenvalue weighted by Gasteiger charge is 2.51. The predicted molar refractivity (Wildman–Crippen MR) is 230 cm³/mol. The van der Waals surface area contributed by atoms with Gasteiger partial charge in [-0.05, 0) is 26.7 Å². The summed E-state index contributed by atoms with van der Waals surface area (Å²) in [5, 5.41) is 10.2. The van der Waals surface area contributed by atoms with Gasteiger partial charge in [-0.3, -0.25) is 43.2 Å². The van der Waals surface area contributed by atoms with E-state index in [4.69, 9.17) is 61.6 Å². The number of nitrogens with one attached hydrogen (secondary N) is 4. The first kappa shape index (κ1) is 58.6. The zero-order chi connectivity index (χ0) is 52.1. The van der Waals surface area contributed by atoms with Crippen LogP contribution in [-0.4, -0.2) is 186 Å². The van der Waals surface area contributed by atoms with Crippen LogP contribution in [-0.2, 0) is 105 Å². The number of alkyl carbamates (subject to hydrolysis) is 1. The number of hydrogen-bond donors (Lipinski definition) is 4. The van der Waals surface area contributed by atoms with Crippen LogP contribution in [0.15, 0.2) is 0 Å². The maximum atomic E-state index is 13.5. The van der Waals surface area contributed by atoms with Gasteiger partial charge in [-0.1, -0.05) is 0 Å². The first-order valence-corrected chi connectivity index (χ1v) is 22.5. The third-order valence-electron chi connectivity index (χ3n) is 9.94. The summed E-state index contributed by atoms with van der Waals surface area (Å²) in [7, 11) is 0. The van der Waals surface area contributed by atoms with Crippen molar-refractivity contribution in [1.29, 1.82) is 0 Å². The normalized spacial score (nSPS) is 26.2. The third kappa shape index (κ3) is 21.5. The molecule has 3 rings (SSSR count). The minimum Gasteiger partial charge on any atom is -0.463 e. The molecule has 70 heavy (non-hydrogen) atoms. The van der Waals surface area contributed by atoms with Gasteiger partial charge in [-0.15, -0.1) is 0 Å². The maximum Gasteiger partial charge on any atom is 0.407 e. The molecule has 4 N–H and O–H groups in total. The molecule has 0 aromatic heterocycles. The fraction of sp³-hybridized carbons (Fsp3) is 0.767. The molecule has 3 fully saturated rings. The Hall–Kier alpha value is -5.74. The van der Waals surface area contributed by atoms with Crippen LogP contribution in [0, 0.1) is 0 Å². The lowest BCUT2D eigenvalue weighted by atomic mass is 9.96. The fourth-order valence-corrected chi connectivity index (χ4v) is 7.22. The van der Waals surface area contributed by atoms with E-state index in [1.807, 2.05) is 0 Å². The van der Waals surface area contributed by atoms with E-state index >= 15 is 0 Å². The molecule has 0 radical (unpaired) electrons. The summed E-state index contributed by atoms with van der Waals surface area (Å²) in [4.78, 5) is 123. The van der Waals surface area contributed by atoms with E-state index in [1.165, 1.54) is 20.8 Å². The van der Waals surface area contributed by atoms with Crippen molar-refractivity contribution in [3.63, 3.8) is 0 Å². The molecule has 27 heteroatoms. The Morgan fingerprint density at radius 3 is 1.74 bits per heavy atom. The molecule has 0 aromatic carbocycles. The maximum absolute atomic E-state index is 13.5. The zero-order valence-corrected chi connectivity index (χ0v) is 40.7. The molecule has 4 amide bonds. The molecule has 3 aliphatic rings. The number of ether oxygens (including phenoxy) is 13. The van der Waals surface area contributed by atoms with Gasteiger partial charge >= 0.3 is 41.9 Å². The van der Waals surface area contributed by atoms with Gasteiger partial charge in [0.15, 0.2) is 36.7 Å². The Bertz CT molecular complexity index is 1830. The average Bonchev–Trinajstić information content (AvgIpc) is 3.60. The standard InChI is InChI=1S/C43H66N4O23/c1-22(48)46-36-39(67-28(7)54)38(66-27(6)53)33(21-61-24(3)50)69-41(36)59-15-11-13-45-40(56)30(47-42(57)62-18-29-19-63-43(8,9)70-29)16-34(55)44-12-10-14-58-35-17-31(64-25(4)51)37(65-26(5)52)32(68-35)20-60-23(2)49/h29-33,35-39,41H,10-21H2,1-9H3,(H,44,55)(H,45,56)(H,46,48)(H,47,57)/t29-,30-,31+,32+,33+,35+,36+,37+,38-,39+,41+/m0/s1. The summed E-state index contributed by atoms with van der Waals surface area (Å²) in [5.74, 6) is -7.14. The second kappa shape index (κ2) is 28.8. The van der Waals surface area contributed by atoms with E-state index < -0.39 is 146 Å². The summed E-state index contributed by atoms with van der Waals surface area (Å²) in [6.07, 6.45) is -11.3. The molecule has 3 saturated heterocycles. The van der Waals surface area contributed by atoms with Gasteiger partial charge in [0.05, 0.1) is 26.2 Å². The highest BCUT2D eigenvalue weighted by molar-refractivity contribution is 5.90. The minimum atomic E-state index is -1.45. The van der Waals surface area contributed by atoms with Crippen LogP contribution in [0.2, 0.25) is 0 Å².